The second-order valence-electron chi connectivity index (χ2n) is 4.29. The van der Waals surface area contributed by atoms with Gasteiger partial charge in [0.05, 0.1) is 11.0 Å². The maximum absolute atomic E-state index is 12.1. The SMILES string of the molecule is CC(C(N)=S)N1CCN(C(=O)CC(F)(F)F)CC1. The van der Waals surface area contributed by atoms with Crippen molar-refractivity contribution in [3.63, 3.8) is 0 Å². The van der Waals surface area contributed by atoms with Gasteiger partial charge in [0.1, 0.15) is 6.42 Å². The normalized spacial score (nSPS) is 19.7. The first-order chi connectivity index (χ1) is 8.20. The van der Waals surface area contributed by atoms with Crippen LogP contribution in [0.2, 0.25) is 0 Å². The summed E-state index contributed by atoms with van der Waals surface area (Å²) in [6.07, 6.45) is -5.84. The Morgan fingerprint density at radius 1 is 1.33 bits per heavy atom. The van der Waals surface area contributed by atoms with Gasteiger partial charge in [0.15, 0.2) is 0 Å². The van der Waals surface area contributed by atoms with Gasteiger partial charge in [-0.25, -0.2) is 0 Å². The molecule has 0 saturated carbocycles. The highest BCUT2D eigenvalue weighted by atomic mass is 32.1. The van der Waals surface area contributed by atoms with Crippen molar-refractivity contribution in [3.8, 4) is 0 Å². The predicted molar refractivity (Wildman–Crippen MR) is 65.1 cm³/mol. The molecule has 1 atom stereocenters. The minimum atomic E-state index is -4.44. The minimum Gasteiger partial charge on any atom is -0.392 e. The monoisotopic (exact) mass is 283 g/mol. The zero-order valence-electron chi connectivity index (χ0n) is 10.0. The summed E-state index contributed by atoms with van der Waals surface area (Å²) in [5.74, 6) is -0.870. The summed E-state index contributed by atoms with van der Waals surface area (Å²) in [6, 6.07) is -0.0973. The van der Waals surface area contributed by atoms with E-state index >= 15 is 0 Å². The molecule has 0 aromatic heterocycles. The molecule has 104 valence electrons. The lowest BCUT2D eigenvalue weighted by atomic mass is 10.2. The smallest absolute Gasteiger partial charge is 0.392 e. The number of carbonyl (C=O) groups is 1. The summed E-state index contributed by atoms with van der Waals surface area (Å²) >= 11 is 4.86. The quantitative estimate of drug-likeness (QED) is 0.777. The molecule has 0 aromatic carbocycles. The second-order valence-corrected chi connectivity index (χ2v) is 4.76. The highest BCUT2D eigenvalue weighted by Gasteiger charge is 2.34. The van der Waals surface area contributed by atoms with Crippen LogP contribution in [-0.4, -0.2) is 59.1 Å². The van der Waals surface area contributed by atoms with E-state index in [1.807, 2.05) is 11.8 Å². The molecule has 4 nitrogen and oxygen atoms in total. The number of nitrogens with two attached hydrogens (primary N) is 1. The van der Waals surface area contributed by atoms with Crippen molar-refractivity contribution in [1.82, 2.24) is 9.80 Å². The van der Waals surface area contributed by atoms with E-state index in [2.05, 4.69) is 0 Å². The Kier molecular flexibility index (Phi) is 4.92. The number of hydrogen-bond donors (Lipinski definition) is 1. The lowest BCUT2D eigenvalue weighted by Crippen LogP contribution is -2.54. The van der Waals surface area contributed by atoms with E-state index in [1.54, 1.807) is 0 Å². The van der Waals surface area contributed by atoms with E-state index < -0.39 is 18.5 Å². The third-order valence-electron chi connectivity index (χ3n) is 2.98. The highest BCUT2D eigenvalue weighted by Crippen LogP contribution is 2.21. The molecule has 0 bridgehead atoms. The van der Waals surface area contributed by atoms with Crippen LogP contribution in [0.1, 0.15) is 13.3 Å². The molecule has 1 heterocycles. The predicted octanol–water partition coefficient (Wildman–Crippen LogP) is 0.758. The summed E-state index contributed by atoms with van der Waals surface area (Å²) in [4.78, 5) is 14.9. The van der Waals surface area contributed by atoms with E-state index in [0.29, 0.717) is 18.1 Å². The van der Waals surface area contributed by atoms with Crippen molar-refractivity contribution >= 4 is 23.1 Å². The van der Waals surface area contributed by atoms with E-state index in [4.69, 9.17) is 18.0 Å². The lowest BCUT2D eigenvalue weighted by molar-refractivity contribution is -0.162. The molecule has 0 aliphatic carbocycles. The van der Waals surface area contributed by atoms with E-state index in [1.165, 1.54) is 4.90 Å². The van der Waals surface area contributed by atoms with Gasteiger partial charge in [-0.3, -0.25) is 9.69 Å². The van der Waals surface area contributed by atoms with Gasteiger partial charge in [-0.1, -0.05) is 12.2 Å². The first-order valence-electron chi connectivity index (χ1n) is 5.58. The fraction of sp³-hybridized carbons (Fsp3) is 0.800. The Bertz CT molecular complexity index is 327. The third-order valence-corrected chi connectivity index (χ3v) is 3.32. The fourth-order valence-corrected chi connectivity index (χ4v) is 1.97. The van der Waals surface area contributed by atoms with Gasteiger partial charge < -0.3 is 10.6 Å². The van der Waals surface area contributed by atoms with Gasteiger partial charge >= 0.3 is 6.18 Å². The Morgan fingerprint density at radius 2 is 1.83 bits per heavy atom. The molecule has 1 aliphatic rings. The van der Waals surface area contributed by atoms with Gasteiger partial charge in [0.2, 0.25) is 5.91 Å². The van der Waals surface area contributed by atoms with Crippen molar-refractivity contribution in [2.45, 2.75) is 25.6 Å². The molecule has 0 aromatic rings. The van der Waals surface area contributed by atoms with Crippen LogP contribution in [0.3, 0.4) is 0 Å². The largest absolute Gasteiger partial charge is 0.397 e. The summed E-state index contributed by atoms with van der Waals surface area (Å²) < 4.78 is 36.2. The van der Waals surface area contributed by atoms with Crippen LogP contribution in [0.25, 0.3) is 0 Å². The maximum atomic E-state index is 12.1. The lowest BCUT2D eigenvalue weighted by Gasteiger charge is -2.37. The molecule has 2 N–H and O–H groups in total. The Labute approximate surface area is 109 Å². The molecular weight excluding hydrogens is 267 g/mol. The Balaban J connectivity index is 2.44. The number of carbonyl (C=O) groups excluding carboxylic acids is 1. The standard InChI is InChI=1S/C10H16F3N3OS/c1-7(9(14)18)15-2-4-16(5-3-15)8(17)6-10(11,12)13/h7H,2-6H2,1H3,(H2,14,18). The van der Waals surface area contributed by atoms with Gasteiger partial charge in [-0.2, -0.15) is 13.2 Å². The molecule has 1 fully saturated rings. The number of amides is 1. The van der Waals surface area contributed by atoms with Crippen molar-refractivity contribution in [3.05, 3.63) is 0 Å². The summed E-state index contributed by atoms with van der Waals surface area (Å²) in [5.41, 5.74) is 5.50. The van der Waals surface area contributed by atoms with Crippen LogP contribution in [0.15, 0.2) is 0 Å². The summed E-state index contributed by atoms with van der Waals surface area (Å²) in [6.45, 7) is 3.38. The molecule has 18 heavy (non-hydrogen) atoms. The minimum absolute atomic E-state index is 0.0973. The summed E-state index contributed by atoms with van der Waals surface area (Å²) in [5, 5.41) is 0. The first kappa shape index (κ1) is 15.2. The van der Waals surface area contributed by atoms with Crippen molar-refractivity contribution in [2.75, 3.05) is 26.2 Å². The molecule has 0 spiro atoms. The van der Waals surface area contributed by atoms with Gasteiger partial charge in [-0.05, 0) is 6.92 Å². The Morgan fingerprint density at radius 3 is 2.22 bits per heavy atom. The number of nitrogens with zero attached hydrogens (tertiary/aromatic N) is 2. The van der Waals surface area contributed by atoms with E-state index in [9.17, 15) is 18.0 Å². The maximum Gasteiger partial charge on any atom is 0.397 e. The van der Waals surface area contributed by atoms with Gasteiger partial charge in [0.25, 0.3) is 0 Å². The first-order valence-corrected chi connectivity index (χ1v) is 5.99. The second kappa shape index (κ2) is 5.83. The van der Waals surface area contributed by atoms with Crippen molar-refractivity contribution in [2.24, 2.45) is 5.73 Å². The molecule has 0 radical (unpaired) electrons. The average Bonchev–Trinajstić information content (AvgIpc) is 2.26. The number of rotatable bonds is 3. The molecule has 8 heteroatoms. The number of halogens is 3. The Hall–Kier alpha value is -0.890. The topological polar surface area (TPSA) is 49.6 Å². The molecular formula is C10H16F3N3OS. The molecule has 1 saturated heterocycles. The van der Waals surface area contributed by atoms with E-state index in [-0.39, 0.29) is 19.1 Å². The van der Waals surface area contributed by atoms with Crippen molar-refractivity contribution in [1.29, 1.82) is 0 Å². The average molecular weight is 283 g/mol. The molecule has 1 amide bonds. The van der Waals surface area contributed by atoms with Crippen LogP contribution in [0.5, 0.6) is 0 Å². The summed E-state index contributed by atoms with van der Waals surface area (Å²) in [7, 11) is 0. The molecule has 1 unspecified atom stereocenters. The van der Waals surface area contributed by atoms with Gasteiger partial charge in [0, 0.05) is 26.2 Å². The van der Waals surface area contributed by atoms with Crippen LogP contribution in [-0.2, 0) is 4.79 Å². The number of alkyl halides is 3. The van der Waals surface area contributed by atoms with E-state index in [0.717, 1.165) is 0 Å². The van der Waals surface area contributed by atoms with Crippen LogP contribution < -0.4 is 5.73 Å². The van der Waals surface area contributed by atoms with Gasteiger partial charge in [-0.15, -0.1) is 0 Å². The number of hydrogen-bond acceptors (Lipinski definition) is 3. The van der Waals surface area contributed by atoms with Crippen LogP contribution >= 0.6 is 12.2 Å². The van der Waals surface area contributed by atoms with Crippen molar-refractivity contribution < 1.29 is 18.0 Å². The zero-order chi connectivity index (χ0) is 13.9. The fourth-order valence-electron chi connectivity index (χ4n) is 1.82. The number of thiocarbonyl (C=S) groups is 1. The third kappa shape index (κ3) is 4.41. The zero-order valence-corrected chi connectivity index (χ0v) is 10.9. The molecule has 1 rings (SSSR count). The number of piperazine rings is 1. The highest BCUT2D eigenvalue weighted by molar-refractivity contribution is 7.80. The van der Waals surface area contributed by atoms with Crippen LogP contribution in [0.4, 0.5) is 13.2 Å². The molecule has 1 aliphatic heterocycles. The van der Waals surface area contributed by atoms with Crippen LogP contribution in [0, 0.1) is 0 Å².